The lowest BCUT2D eigenvalue weighted by Gasteiger charge is -2.14. The summed E-state index contributed by atoms with van der Waals surface area (Å²) in [7, 11) is 1.40. The molecule has 0 aliphatic carbocycles. The fourth-order valence-electron chi connectivity index (χ4n) is 1.93. The van der Waals surface area contributed by atoms with Crippen LogP contribution in [0.15, 0.2) is 47.4 Å². The number of carbonyl (C=O) groups is 1. The van der Waals surface area contributed by atoms with Gasteiger partial charge in [-0.25, -0.2) is 4.39 Å². The zero-order valence-corrected chi connectivity index (χ0v) is 13.8. The van der Waals surface area contributed by atoms with Crippen LogP contribution in [-0.4, -0.2) is 23.2 Å². The summed E-state index contributed by atoms with van der Waals surface area (Å²) in [4.78, 5) is 22.9. The standard InChI is InChI=1S/C16H15FN2O4S/c1-10(24-15-6-4-3-5-12(15)17)16(20)18-13-9-11(19(21)22)7-8-14(13)23-2/h3-10H,1-2H3,(H,18,20)/t10-/m0/s1. The highest BCUT2D eigenvalue weighted by atomic mass is 32.2. The molecule has 0 aromatic heterocycles. The van der Waals surface area contributed by atoms with Crippen molar-refractivity contribution in [2.75, 3.05) is 12.4 Å². The Morgan fingerprint density at radius 2 is 2.04 bits per heavy atom. The van der Waals surface area contributed by atoms with E-state index in [-0.39, 0.29) is 11.4 Å². The zero-order chi connectivity index (χ0) is 17.7. The maximum atomic E-state index is 13.7. The minimum Gasteiger partial charge on any atom is -0.495 e. The minimum atomic E-state index is -0.606. The van der Waals surface area contributed by atoms with Gasteiger partial charge in [-0.15, -0.1) is 11.8 Å². The average Bonchev–Trinajstić information content (AvgIpc) is 2.56. The maximum Gasteiger partial charge on any atom is 0.271 e. The van der Waals surface area contributed by atoms with Crippen molar-refractivity contribution < 1.29 is 18.8 Å². The summed E-state index contributed by atoms with van der Waals surface area (Å²) in [5.74, 6) is -0.519. The van der Waals surface area contributed by atoms with Gasteiger partial charge in [0.25, 0.3) is 5.69 Å². The topological polar surface area (TPSA) is 81.5 Å². The second-order valence-electron chi connectivity index (χ2n) is 4.82. The first-order valence-corrected chi connectivity index (χ1v) is 7.85. The molecule has 1 N–H and O–H groups in total. The lowest BCUT2D eigenvalue weighted by atomic mass is 10.2. The molecule has 6 nitrogen and oxygen atoms in total. The summed E-state index contributed by atoms with van der Waals surface area (Å²) in [6.45, 7) is 1.62. The molecule has 24 heavy (non-hydrogen) atoms. The smallest absolute Gasteiger partial charge is 0.271 e. The van der Waals surface area contributed by atoms with Gasteiger partial charge in [-0.05, 0) is 25.1 Å². The number of hydrogen-bond donors (Lipinski definition) is 1. The van der Waals surface area contributed by atoms with Crippen molar-refractivity contribution >= 4 is 29.0 Å². The lowest BCUT2D eigenvalue weighted by Crippen LogP contribution is -2.22. The molecule has 2 rings (SSSR count). The van der Waals surface area contributed by atoms with Crippen LogP contribution in [0.3, 0.4) is 0 Å². The van der Waals surface area contributed by atoms with Gasteiger partial charge < -0.3 is 10.1 Å². The van der Waals surface area contributed by atoms with E-state index in [4.69, 9.17) is 4.74 Å². The van der Waals surface area contributed by atoms with E-state index in [1.165, 1.54) is 31.4 Å². The third-order valence-electron chi connectivity index (χ3n) is 3.16. The Morgan fingerprint density at radius 1 is 1.33 bits per heavy atom. The number of thioether (sulfide) groups is 1. The molecule has 0 aliphatic rings. The van der Waals surface area contributed by atoms with Crippen molar-refractivity contribution in [1.82, 2.24) is 0 Å². The quantitative estimate of drug-likeness (QED) is 0.486. The number of ether oxygens (including phenoxy) is 1. The van der Waals surface area contributed by atoms with Gasteiger partial charge in [-0.2, -0.15) is 0 Å². The highest BCUT2D eigenvalue weighted by molar-refractivity contribution is 8.00. The van der Waals surface area contributed by atoms with E-state index in [2.05, 4.69) is 5.32 Å². The van der Waals surface area contributed by atoms with Crippen LogP contribution < -0.4 is 10.1 Å². The number of amides is 1. The summed E-state index contributed by atoms with van der Waals surface area (Å²) < 4.78 is 18.7. The van der Waals surface area contributed by atoms with Gasteiger partial charge in [-0.3, -0.25) is 14.9 Å². The number of nitro groups is 1. The molecule has 0 bridgehead atoms. The third-order valence-corrected chi connectivity index (χ3v) is 4.31. The number of carbonyl (C=O) groups excluding carboxylic acids is 1. The molecule has 126 valence electrons. The van der Waals surface area contributed by atoms with E-state index >= 15 is 0 Å². The van der Waals surface area contributed by atoms with Crippen LogP contribution in [0.25, 0.3) is 0 Å². The molecule has 1 amide bonds. The van der Waals surface area contributed by atoms with E-state index in [1.807, 2.05) is 0 Å². The molecule has 0 fully saturated rings. The van der Waals surface area contributed by atoms with Gasteiger partial charge in [-0.1, -0.05) is 12.1 Å². The first-order chi connectivity index (χ1) is 11.4. The molecule has 8 heteroatoms. The summed E-state index contributed by atoms with van der Waals surface area (Å²) in [6.07, 6.45) is 0. The fourth-order valence-corrected chi connectivity index (χ4v) is 2.81. The molecule has 1 atom stereocenters. The van der Waals surface area contributed by atoms with Crippen LogP contribution in [0.5, 0.6) is 5.75 Å². The molecule has 0 unspecified atom stereocenters. The van der Waals surface area contributed by atoms with Crippen LogP contribution in [0, 0.1) is 15.9 Å². The SMILES string of the molecule is COc1ccc([N+](=O)[O-])cc1NC(=O)[C@H](C)Sc1ccccc1F. The average molecular weight is 350 g/mol. The lowest BCUT2D eigenvalue weighted by molar-refractivity contribution is -0.384. The largest absolute Gasteiger partial charge is 0.495 e. The number of hydrogen-bond acceptors (Lipinski definition) is 5. The van der Waals surface area contributed by atoms with Crippen molar-refractivity contribution in [3.8, 4) is 5.75 Å². The predicted molar refractivity (Wildman–Crippen MR) is 90.0 cm³/mol. The molecule has 2 aromatic carbocycles. The summed E-state index contributed by atoms with van der Waals surface area (Å²) in [5, 5.41) is 12.8. The number of rotatable bonds is 6. The highest BCUT2D eigenvalue weighted by Crippen LogP contribution is 2.31. The van der Waals surface area contributed by atoms with E-state index in [9.17, 15) is 19.3 Å². The Hall–Kier alpha value is -2.61. The molecule has 2 aromatic rings. The second-order valence-corrected chi connectivity index (χ2v) is 6.20. The van der Waals surface area contributed by atoms with Crippen molar-refractivity contribution in [2.45, 2.75) is 17.1 Å². The van der Waals surface area contributed by atoms with Crippen molar-refractivity contribution in [2.24, 2.45) is 0 Å². The number of halogens is 1. The predicted octanol–water partition coefficient (Wildman–Crippen LogP) is 3.86. The number of anilines is 1. The summed E-state index contributed by atoms with van der Waals surface area (Å²) in [5.41, 5.74) is 0.0261. The fraction of sp³-hybridized carbons (Fsp3) is 0.188. The molecule has 0 heterocycles. The van der Waals surface area contributed by atoms with Crippen LogP contribution in [0.1, 0.15) is 6.92 Å². The van der Waals surface area contributed by atoms with E-state index in [0.29, 0.717) is 10.6 Å². The Labute approximate surface area is 142 Å². The molecule has 0 spiro atoms. The first kappa shape index (κ1) is 17.7. The molecule has 0 radical (unpaired) electrons. The van der Waals surface area contributed by atoms with Gasteiger partial charge in [0.05, 0.1) is 23.0 Å². The zero-order valence-electron chi connectivity index (χ0n) is 13.0. The number of benzene rings is 2. The van der Waals surface area contributed by atoms with Crippen molar-refractivity contribution in [1.29, 1.82) is 0 Å². The molecular weight excluding hydrogens is 335 g/mol. The third kappa shape index (κ3) is 4.23. The Morgan fingerprint density at radius 3 is 2.67 bits per heavy atom. The Bertz CT molecular complexity index is 769. The Kier molecular flexibility index (Phi) is 5.75. The highest BCUT2D eigenvalue weighted by Gasteiger charge is 2.19. The van der Waals surface area contributed by atoms with Crippen molar-refractivity contribution in [3.63, 3.8) is 0 Å². The molecule has 0 saturated heterocycles. The van der Waals surface area contributed by atoms with Crippen LogP contribution in [0.4, 0.5) is 15.8 Å². The maximum absolute atomic E-state index is 13.7. The minimum absolute atomic E-state index is 0.166. The van der Waals surface area contributed by atoms with Crippen LogP contribution >= 0.6 is 11.8 Å². The van der Waals surface area contributed by atoms with Gasteiger partial charge in [0.1, 0.15) is 11.6 Å². The number of nitro benzene ring substituents is 1. The number of nitrogens with zero attached hydrogens (tertiary/aromatic N) is 1. The normalized spacial score (nSPS) is 11.6. The van der Waals surface area contributed by atoms with E-state index in [0.717, 1.165) is 11.8 Å². The number of nitrogens with one attached hydrogen (secondary N) is 1. The molecule has 0 aliphatic heterocycles. The summed E-state index contributed by atoms with van der Waals surface area (Å²) >= 11 is 1.06. The van der Waals surface area contributed by atoms with Gasteiger partial charge >= 0.3 is 0 Å². The Balaban J connectivity index is 2.15. The molecule has 0 saturated carbocycles. The number of methoxy groups -OCH3 is 1. The first-order valence-electron chi connectivity index (χ1n) is 6.97. The van der Waals surface area contributed by atoms with Crippen LogP contribution in [-0.2, 0) is 4.79 Å². The number of non-ortho nitro benzene ring substituents is 1. The van der Waals surface area contributed by atoms with Gasteiger partial charge in [0, 0.05) is 17.0 Å². The molecular formula is C16H15FN2O4S. The van der Waals surface area contributed by atoms with Gasteiger partial charge in [0.15, 0.2) is 0 Å². The van der Waals surface area contributed by atoms with Gasteiger partial charge in [0.2, 0.25) is 5.91 Å². The van der Waals surface area contributed by atoms with Crippen LogP contribution in [0.2, 0.25) is 0 Å². The monoisotopic (exact) mass is 350 g/mol. The summed E-state index contributed by atoms with van der Waals surface area (Å²) in [6, 6.07) is 10.1. The van der Waals surface area contributed by atoms with E-state index < -0.39 is 21.9 Å². The second kappa shape index (κ2) is 7.78. The van der Waals surface area contributed by atoms with E-state index in [1.54, 1.807) is 25.1 Å². The van der Waals surface area contributed by atoms with Crippen molar-refractivity contribution in [3.05, 3.63) is 58.4 Å².